The topological polar surface area (TPSA) is 61.0 Å². The van der Waals surface area contributed by atoms with E-state index in [9.17, 15) is 0 Å². The number of hydrogen-bond acceptors (Lipinski definition) is 4. The summed E-state index contributed by atoms with van der Waals surface area (Å²) in [6.45, 7) is 0. The van der Waals surface area contributed by atoms with Crippen LogP contribution in [0.15, 0.2) is 35.2 Å². The second kappa shape index (κ2) is 4.96. The number of rotatable bonds is 2. The summed E-state index contributed by atoms with van der Waals surface area (Å²) in [5.41, 5.74) is 6.38. The van der Waals surface area contributed by atoms with E-state index in [4.69, 9.17) is 10.5 Å². The Morgan fingerprint density at radius 3 is 2.88 bits per heavy atom. The molecule has 0 aliphatic carbocycles. The molecule has 0 bridgehead atoms. The highest BCUT2D eigenvalue weighted by molar-refractivity contribution is 14.1. The minimum Gasteiger partial charge on any atom is -0.436 e. The summed E-state index contributed by atoms with van der Waals surface area (Å²) in [4.78, 5) is 7.91. The van der Waals surface area contributed by atoms with Crippen molar-refractivity contribution in [2.24, 2.45) is 0 Å². The van der Waals surface area contributed by atoms with Crippen LogP contribution in [0.3, 0.4) is 0 Å². The number of halogens is 2. The fraction of sp³-hybridized carbons (Fsp3) is 0. The van der Waals surface area contributed by atoms with E-state index < -0.39 is 0 Å². The molecule has 0 saturated heterocycles. The van der Waals surface area contributed by atoms with Gasteiger partial charge in [-0.1, -0.05) is 15.9 Å². The van der Waals surface area contributed by atoms with Gasteiger partial charge in [0.25, 0.3) is 0 Å². The van der Waals surface area contributed by atoms with Gasteiger partial charge in [0.05, 0.1) is 9.26 Å². The normalized spacial score (nSPS) is 10.1. The van der Waals surface area contributed by atoms with E-state index in [-0.39, 0.29) is 0 Å². The van der Waals surface area contributed by atoms with Gasteiger partial charge in [0.2, 0.25) is 5.88 Å². The Morgan fingerprint density at radius 2 is 2.19 bits per heavy atom. The lowest BCUT2D eigenvalue weighted by atomic mass is 10.3. The van der Waals surface area contributed by atoms with Crippen molar-refractivity contribution < 1.29 is 4.74 Å². The van der Waals surface area contributed by atoms with Gasteiger partial charge in [0.15, 0.2) is 5.75 Å². The maximum atomic E-state index is 5.82. The molecule has 82 valence electrons. The largest absolute Gasteiger partial charge is 0.436 e. The maximum absolute atomic E-state index is 5.82. The molecule has 1 heterocycles. The van der Waals surface area contributed by atoms with Crippen LogP contribution in [0.2, 0.25) is 0 Å². The third-order valence-electron chi connectivity index (χ3n) is 1.81. The van der Waals surface area contributed by atoms with Crippen LogP contribution in [0.1, 0.15) is 0 Å². The molecule has 1 aromatic heterocycles. The summed E-state index contributed by atoms with van der Waals surface area (Å²) in [5.74, 6) is 1.09. The Kier molecular flexibility index (Phi) is 3.59. The Labute approximate surface area is 115 Å². The minimum absolute atomic E-state index is 0.504. The lowest BCUT2D eigenvalue weighted by molar-refractivity contribution is 0.459. The van der Waals surface area contributed by atoms with Crippen molar-refractivity contribution >= 4 is 44.2 Å². The van der Waals surface area contributed by atoms with Gasteiger partial charge in [-0.3, -0.25) is 0 Å². The molecule has 0 fully saturated rings. The first-order valence-electron chi connectivity index (χ1n) is 4.35. The van der Waals surface area contributed by atoms with Gasteiger partial charge >= 0.3 is 0 Å². The van der Waals surface area contributed by atoms with Crippen molar-refractivity contribution in [3.8, 4) is 11.6 Å². The Bertz CT molecular complexity index is 521. The lowest BCUT2D eigenvalue weighted by Gasteiger charge is -2.08. The molecule has 4 nitrogen and oxygen atoms in total. The number of nitrogen functional groups attached to an aromatic ring is 1. The summed E-state index contributed by atoms with van der Waals surface area (Å²) >= 11 is 5.44. The van der Waals surface area contributed by atoms with Crippen molar-refractivity contribution in [1.29, 1.82) is 0 Å². The summed E-state index contributed by atoms with van der Waals surface area (Å²) in [5, 5.41) is 0. The van der Waals surface area contributed by atoms with Crippen molar-refractivity contribution in [2.45, 2.75) is 0 Å². The Morgan fingerprint density at radius 1 is 1.38 bits per heavy atom. The summed E-state index contributed by atoms with van der Waals surface area (Å²) in [6.07, 6.45) is 3.12. The van der Waals surface area contributed by atoms with Crippen molar-refractivity contribution in [2.75, 3.05) is 5.73 Å². The van der Waals surface area contributed by atoms with Gasteiger partial charge in [0, 0.05) is 10.7 Å². The second-order valence-corrected chi connectivity index (χ2v) is 5.04. The molecular formula is C10H7BrIN3O. The van der Waals surface area contributed by atoms with Crippen LogP contribution < -0.4 is 10.5 Å². The van der Waals surface area contributed by atoms with E-state index in [2.05, 4.69) is 48.5 Å². The van der Waals surface area contributed by atoms with E-state index in [1.807, 2.05) is 6.07 Å². The standard InChI is InChI=1S/C10H7BrIN3O/c11-6-1-2-9(8(13)3-6)16-10-7(12)4-14-5-15-10/h1-5H,13H2. The zero-order chi connectivity index (χ0) is 11.5. The molecule has 0 aliphatic heterocycles. The molecule has 0 amide bonds. The molecule has 2 aromatic rings. The summed E-state index contributed by atoms with van der Waals surface area (Å²) in [6, 6.07) is 5.43. The molecule has 1 aromatic carbocycles. The summed E-state index contributed by atoms with van der Waals surface area (Å²) in [7, 11) is 0. The fourth-order valence-corrected chi connectivity index (χ4v) is 1.88. The van der Waals surface area contributed by atoms with Crippen LogP contribution >= 0.6 is 38.5 Å². The van der Waals surface area contributed by atoms with E-state index >= 15 is 0 Å². The van der Waals surface area contributed by atoms with Crippen LogP contribution in [0.5, 0.6) is 11.6 Å². The Hall–Kier alpha value is -0.890. The number of aromatic nitrogens is 2. The molecule has 0 spiro atoms. The molecule has 0 aliphatic rings. The van der Waals surface area contributed by atoms with Crippen molar-refractivity contribution in [3.63, 3.8) is 0 Å². The molecule has 0 saturated carbocycles. The number of nitrogens with two attached hydrogens (primary N) is 1. The monoisotopic (exact) mass is 391 g/mol. The van der Waals surface area contributed by atoms with E-state index in [1.165, 1.54) is 6.33 Å². The fourth-order valence-electron chi connectivity index (χ4n) is 1.09. The van der Waals surface area contributed by atoms with Gasteiger partial charge in [-0.05, 0) is 40.8 Å². The van der Waals surface area contributed by atoms with Gasteiger partial charge in [-0.2, -0.15) is 0 Å². The van der Waals surface area contributed by atoms with E-state index in [0.29, 0.717) is 17.3 Å². The second-order valence-electron chi connectivity index (χ2n) is 2.96. The van der Waals surface area contributed by atoms with Crippen LogP contribution in [0.4, 0.5) is 5.69 Å². The first-order valence-corrected chi connectivity index (χ1v) is 6.22. The molecular weight excluding hydrogens is 385 g/mol. The molecule has 2 rings (SSSR count). The number of benzene rings is 1. The maximum Gasteiger partial charge on any atom is 0.235 e. The third-order valence-corrected chi connectivity index (χ3v) is 3.05. The number of hydrogen-bond donors (Lipinski definition) is 1. The third kappa shape index (κ3) is 2.62. The van der Waals surface area contributed by atoms with Gasteiger partial charge < -0.3 is 10.5 Å². The van der Waals surface area contributed by atoms with Crippen molar-refractivity contribution in [1.82, 2.24) is 9.97 Å². The van der Waals surface area contributed by atoms with E-state index in [0.717, 1.165) is 8.04 Å². The highest BCUT2D eigenvalue weighted by Gasteiger charge is 2.06. The van der Waals surface area contributed by atoms with Crippen LogP contribution in [0.25, 0.3) is 0 Å². The SMILES string of the molecule is Nc1cc(Br)ccc1Oc1ncncc1I. The average molecular weight is 392 g/mol. The van der Waals surface area contributed by atoms with Crippen LogP contribution in [0, 0.1) is 3.57 Å². The van der Waals surface area contributed by atoms with Gasteiger partial charge in [0.1, 0.15) is 6.33 Å². The molecule has 0 radical (unpaired) electrons. The zero-order valence-electron chi connectivity index (χ0n) is 8.02. The Balaban J connectivity index is 2.31. The predicted octanol–water partition coefficient (Wildman–Crippen LogP) is 3.22. The molecule has 16 heavy (non-hydrogen) atoms. The first-order chi connectivity index (χ1) is 7.66. The van der Waals surface area contributed by atoms with Crippen LogP contribution in [-0.4, -0.2) is 9.97 Å². The highest BCUT2D eigenvalue weighted by Crippen LogP contribution is 2.30. The van der Waals surface area contributed by atoms with E-state index in [1.54, 1.807) is 18.3 Å². The molecule has 2 N–H and O–H groups in total. The highest BCUT2D eigenvalue weighted by atomic mass is 127. The van der Waals surface area contributed by atoms with Crippen LogP contribution in [-0.2, 0) is 0 Å². The van der Waals surface area contributed by atoms with Crippen molar-refractivity contribution in [3.05, 3.63) is 38.8 Å². The smallest absolute Gasteiger partial charge is 0.235 e. The number of anilines is 1. The quantitative estimate of drug-likeness (QED) is 0.630. The average Bonchev–Trinajstić information content (AvgIpc) is 2.25. The predicted molar refractivity (Wildman–Crippen MR) is 73.4 cm³/mol. The molecule has 0 unspecified atom stereocenters. The van der Waals surface area contributed by atoms with Gasteiger partial charge in [-0.15, -0.1) is 0 Å². The number of nitrogens with zero attached hydrogens (tertiary/aromatic N) is 2. The molecule has 6 heteroatoms. The summed E-state index contributed by atoms with van der Waals surface area (Å²) < 4.78 is 7.34. The lowest BCUT2D eigenvalue weighted by Crippen LogP contribution is -1.95. The van der Waals surface area contributed by atoms with Gasteiger partial charge in [-0.25, -0.2) is 9.97 Å². The number of ether oxygens (including phenoxy) is 1. The minimum atomic E-state index is 0.504. The first kappa shape index (κ1) is 11.6. The molecule has 0 atom stereocenters. The zero-order valence-corrected chi connectivity index (χ0v) is 11.8.